The van der Waals surface area contributed by atoms with Gasteiger partial charge in [0.25, 0.3) is 5.91 Å². The van der Waals surface area contributed by atoms with Gasteiger partial charge in [-0.1, -0.05) is 30.3 Å². The highest BCUT2D eigenvalue weighted by Crippen LogP contribution is 2.28. The average Bonchev–Trinajstić information content (AvgIpc) is 3.41. The summed E-state index contributed by atoms with van der Waals surface area (Å²) in [5.41, 5.74) is 6.35. The summed E-state index contributed by atoms with van der Waals surface area (Å²) < 4.78 is 34.0. The number of hydrogen-bond donors (Lipinski definition) is 1. The van der Waals surface area contributed by atoms with Gasteiger partial charge in [-0.2, -0.15) is 9.90 Å². The number of oxazole rings is 1. The molecule has 0 fully saturated rings. The molecular weight excluding hydrogens is 398 g/mol. The molecule has 2 N–H and O–H groups in total. The van der Waals surface area contributed by atoms with Crippen LogP contribution in [0.25, 0.3) is 22.9 Å². The predicted octanol–water partition coefficient (Wildman–Crippen LogP) is 1.74. The molecular formula is C18H15N5O5S. The molecule has 0 aliphatic carbocycles. The van der Waals surface area contributed by atoms with Gasteiger partial charge in [-0.3, -0.25) is 4.79 Å². The molecule has 0 bridgehead atoms. The van der Waals surface area contributed by atoms with Crippen molar-refractivity contribution < 1.29 is 22.0 Å². The second-order valence-electron chi connectivity index (χ2n) is 6.18. The summed E-state index contributed by atoms with van der Waals surface area (Å²) in [6.45, 7) is 0.102. The van der Waals surface area contributed by atoms with Crippen molar-refractivity contribution in [1.82, 2.24) is 20.0 Å². The smallest absolute Gasteiger partial charge is 0.271 e. The van der Waals surface area contributed by atoms with Gasteiger partial charge in [-0.25, -0.2) is 13.4 Å². The predicted molar refractivity (Wildman–Crippen MR) is 100 cm³/mol. The van der Waals surface area contributed by atoms with Crippen LogP contribution in [0.3, 0.4) is 0 Å². The Labute approximate surface area is 164 Å². The van der Waals surface area contributed by atoms with E-state index in [1.54, 1.807) is 24.3 Å². The SMILES string of the molecule is CS(=O)(=O)c1ccc(Cn2ncc(-c3nc(C(N)=O)c(-c4ccccc4)o3)n2)o1. The number of carbonyl (C=O) groups excluding carboxylic acids is 1. The van der Waals surface area contributed by atoms with Crippen LogP contribution in [0.4, 0.5) is 0 Å². The quantitative estimate of drug-likeness (QED) is 0.503. The summed E-state index contributed by atoms with van der Waals surface area (Å²) in [4.78, 5) is 17.2. The van der Waals surface area contributed by atoms with Gasteiger partial charge in [0, 0.05) is 11.8 Å². The third-order valence-electron chi connectivity index (χ3n) is 3.95. The molecule has 148 valence electrons. The molecule has 3 heterocycles. The van der Waals surface area contributed by atoms with E-state index in [2.05, 4.69) is 15.2 Å². The first-order valence-electron chi connectivity index (χ1n) is 8.36. The normalized spacial score (nSPS) is 11.6. The largest absolute Gasteiger partial charge is 0.448 e. The lowest BCUT2D eigenvalue weighted by Crippen LogP contribution is -2.12. The van der Waals surface area contributed by atoms with Gasteiger partial charge in [0.05, 0.1) is 6.20 Å². The van der Waals surface area contributed by atoms with E-state index in [0.29, 0.717) is 11.3 Å². The summed E-state index contributed by atoms with van der Waals surface area (Å²) in [5, 5.41) is 8.20. The Bertz CT molecular complexity index is 1290. The molecule has 3 aromatic heterocycles. The zero-order chi connectivity index (χ0) is 20.6. The topological polar surface area (TPSA) is 147 Å². The van der Waals surface area contributed by atoms with Crippen LogP contribution in [0.5, 0.6) is 0 Å². The number of sulfone groups is 1. The van der Waals surface area contributed by atoms with Gasteiger partial charge >= 0.3 is 0 Å². The van der Waals surface area contributed by atoms with E-state index in [-0.39, 0.29) is 34.7 Å². The summed E-state index contributed by atoms with van der Waals surface area (Å²) in [6.07, 6.45) is 2.47. The fraction of sp³-hybridized carbons (Fsp3) is 0.111. The molecule has 0 atom stereocenters. The molecule has 0 unspecified atom stereocenters. The highest BCUT2D eigenvalue weighted by molar-refractivity contribution is 7.90. The third-order valence-corrected chi connectivity index (χ3v) is 4.90. The molecule has 0 saturated heterocycles. The van der Waals surface area contributed by atoms with E-state index in [4.69, 9.17) is 14.6 Å². The fourth-order valence-electron chi connectivity index (χ4n) is 2.64. The van der Waals surface area contributed by atoms with E-state index in [1.807, 2.05) is 6.07 Å². The number of aromatic nitrogens is 4. The Morgan fingerprint density at radius 2 is 1.90 bits per heavy atom. The van der Waals surface area contributed by atoms with Gasteiger partial charge in [0.1, 0.15) is 12.3 Å². The van der Waals surface area contributed by atoms with Crippen molar-refractivity contribution in [3.8, 4) is 22.9 Å². The summed E-state index contributed by atoms with van der Waals surface area (Å²) in [6, 6.07) is 11.9. The van der Waals surface area contributed by atoms with Crippen molar-refractivity contribution in [3.05, 3.63) is 60.1 Å². The summed E-state index contributed by atoms with van der Waals surface area (Å²) >= 11 is 0. The lowest BCUT2D eigenvalue weighted by Gasteiger charge is -1.97. The van der Waals surface area contributed by atoms with Crippen molar-refractivity contribution in [3.63, 3.8) is 0 Å². The minimum Gasteiger partial charge on any atom is -0.448 e. The third kappa shape index (κ3) is 3.80. The number of hydrogen-bond acceptors (Lipinski definition) is 8. The Balaban J connectivity index is 1.63. The lowest BCUT2D eigenvalue weighted by molar-refractivity contribution is 0.0996. The van der Waals surface area contributed by atoms with E-state index < -0.39 is 15.7 Å². The van der Waals surface area contributed by atoms with E-state index in [9.17, 15) is 13.2 Å². The Morgan fingerprint density at radius 3 is 2.55 bits per heavy atom. The lowest BCUT2D eigenvalue weighted by atomic mass is 10.1. The van der Waals surface area contributed by atoms with Crippen molar-refractivity contribution in [2.75, 3.05) is 6.26 Å². The van der Waals surface area contributed by atoms with Crippen LogP contribution in [0, 0.1) is 0 Å². The first-order chi connectivity index (χ1) is 13.8. The van der Waals surface area contributed by atoms with Crippen LogP contribution in [-0.4, -0.2) is 40.6 Å². The van der Waals surface area contributed by atoms with Gasteiger partial charge in [-0.15, -0.1) is 5.10 Å². The molecule has 4 aromatic rings. The second kappa shape index (κ2) is 7.02. The first kappa shape index (κ1) is 18.6. The average molecular weight is 413 g/mol. The molecule has 11 heteroatoms. The molecule has 0 aliphatic heterocycles. The molecule has 4 rings (SSSR count). The number of carbonyl (C=O) groups is 1. The van der Waals surface area contributed by atoms with Gasteiger partial charge in [0.2, 0.25) is 20.8 Å². The van der Waals surface area contributed by atoms with Crippen LogP contribution in [-0.2, 0) is 16.4 Å². The minimum atomic E-state index is -3.43. The number of nitrogens with two attached hydrogens (primary N) is 1. The van der Waals surface area contributed by atoms with Gasteiger partial charge in [-0.05, 0) is 12.1 Å². The molecule has 1 amide bonds. The van der Waals surface area contributed by atoms with E-state index in [0.717, 1.165) is 6.26 Å². The number of nitrogens with zero attached hydrogens (tertiary/aromatic N) is 4. The molecule has 0 aliphatic rings. The maximum absolute atomic E-state index is 11.8. The molecule has 0 radical (unpaired) electrons. The van der Waals surface area contributed by atoms with Crippen molar-refractivity contribution >= 4 is 15.7 Å². The Morgan fingerprint density at radius 1 is 1.14 bits per heavy atom. The molecule has 0 saturated carbocycles. The maximum atomic E-state index is 11.8. The fourth-order valence-corrected chi connectivity index (χ4v) is 3.21. The standard InChI is InChI=1S/C18H15N5O5S/c1-29(25,26)14-8-7-12(27-14)10-23-20-9-13(22-23)18-21-15(17(19)24)16(28-18)11-5-3-2-4-6-11/h2-9H,10H2,1H3,(H2,19,24). The molecule has 0 spiro atoms. The van der Waals surface area contributed by atoms with Crippen LogP contribution in [0.15, 0.2) is 62.6 Å². The van der Waals surface area contributed by atoms with E-state index >= 15 is 0 Å². The molecule has 29 heavy (non-hydrogen) atoms. The second-order valence-corrected chi connectivity index (χ2v) is 8.13. The number of amides is 1. The van der Waals surface area contributed by atoms with Crippen LogP contribution < -0.4 is 5.73 Å². The number of benzene rings is 1. The Hall–Kier alpha value is -3.73. The highest BCUT2D eigenvalue weighted by atomic mass is 32.2. The monoisotopic (exact) mass is 413 g/mol. The number of rotatable bonds is 6. The minimum absolute atomic E-state index is 0.00965. The van der Waals surface area contributed by atoms with Crippen molar-refractivity contribution in [2.45, 2.75) is 11.6 Å². The Kier molecular flexibility index (Phi) is 4.51. The number of primary amides is 1. The first-order valence-corrected chi connectivity index (χ1v) is 10.3. The summed E-state index contributed by atoms with van der Waals surface area (Å²) in [7, 11) is -3.43. The van der Waals surface area contributed by atoms with Crippen LogP contribution in [0.2, 0.25) is 0 Å². The van der Waals surface area contributed by atoms with Crippen molar-refractivity contribution in [1.29, 1.82) is 0 Å². The zero-order valence-corrected chi connectivity index (χ0v) is 16.0. The van der Waals surface area contributed by atoms with Gasteiger partial charge in [0.15, 0.2) is 17.1 Å². The van der Waals surface area contributed by atoms with Crippen LogP contribution in [0.1, 0.15) is 16.2 Å². The van der Waals surface area contributed by atoms with E-state index in [1.165, 1.54) is 23.1 Å². The number of furan rings is 1. The molecule has 10 nitrogen and oxygen atoms in total. The highest BCUT2D eigenvalue weighted by Gasteiger charge is 2.22. The van der Waals surface area contributed by atoms with Crippen molar-refractivity contribution in [2.24, 2.45) is 5.73 Å². The van der Waals surface area contributed by atoms with Crippen LogP contribution >= 0.6 is 0 Å². The zero-order valence-electron chi connectivity index (χ0n) is 15.1. The van der Waals surface area contributed by atoms with Gasteiger partial charge < -0.3 is 14.6 Å². The molecule has 1 aromatic carbocycles. The maximum Gasteiger partial charge on any atom is 0.271 e. The summed E-state index contributed by atoms with van der Waals surface area (Å²) in [5.74, 6) is -0.0374.